The molecule has 0 aliphatic carbocycles. The number of carbonyl (C=O) groups is 2. The molecule has 0 aromatic heterocycles. The van der Waals surface area contributed by atoms with Crippen molar-refractivity contribution in [1.29, 1.82) is 0 Å². The Morgan fingerprint density at radius 1 is 0.377 bits per heavy atom. The summed E-state index contributed by atoms with van der Waals surface area (Å²) < 4.78 is 463. The topological polar surface area (TPSA) is 76.7 Å². The van der Waals surface area contributed by atoms with Crippen LogP contribution in [0.4, 0.5) is 170 Å². The van der Waals surface area contributed by atoms with Crippen LogP contribution in [0.5, 0.6) is 0 Å². The molecule has 0 atom stereocenters. The Balaban J connectivity index is 3.15. The van der Waals surface area contributed by atoms with Crippen molar-refractivity contribution in [2.24, 2.45) is 0 Å². The molecular weight excluding hydrogens is 1090 g/mol. The van der Waals surface area contributed by atoms with E-state index in [2.05, 4.69) is 9.47 Å². The highest BCUT2D eigenvalue weighted by atomic mass is 19.4. The molecule has 2 amide bonds. The smallest absolute Gasteiger partial charge is 0.449 e. The maximum Gasteiger partial charge on any atom is 0.460 e. The highest BCUT2D eigenvalue weighted by Crippen LogP contribution is 2.66. The van der Waals surface area contributed by atoms with Crippen LogP contribution in [0.1, 0.15) is 18.4 Å². The number of nitrogens with one attached hydrogen (secondary N) is 2. The Hall–Kier alpha value is -4.62. The van der Waals surface area contributed by atoms with E-state index >= 15 is 0 Å². The Bertz CT molecular complexity index is 2010. The maximum atomic E-state index is 14.1. The molecule has 40 heteroatoms. The van der Waals surface area contributed by atoms with Crippen LogP contribution in [0, 0.1) is 6.92 Å². The van der Waals surface area contributed by atoms with Crippen molar-refractivity contribution in [3.05, 3.63) is 23.8 Å². The third-order valence-corrected chi connectivity index (χ3v) is 8.59. The number of benzene rings is 1. The van der Waals surface area contributed by atoms with Crippen molar-refractivity contribution in [3.8, 4) is 0 Å². The maximum absolute atomic E-state index is 14.1. The lowest BCUT2D eigenvalue weighted by Crippen LogP contribution is -2.74. The van der Waals surface area contributed by atoms with E-state index in [1.165, 1.54) is 10.6 Å². The van der Waals surface area contributed by atoms with Gasteiger partial charge >= 0.3 is 107 Å². The summed E-state index contributed by atoms with van der Waals surface area (Å²) in [4.78, 5) is 23.9. The minimum Gasteiger partial charge on any atom is -0.449 e. The zero-order chi connectivity index (χ0) is 55.7. The van der Waals surface area contributed by atoms with E-state index < -0.39 is 145 Å². The lowest BCUT2D eigenvalue weighted by molar-refractivity contribution is -0.461. The fraction of sp³-hybridized carbons (Fsp3) is 0.724. The second-order valence-electron chi connectivity index (χ2n) is 13.3. The minimum absolute atomic E-state index is 0.352. The molecule has 1 rings (SSSR count). The molecule has 0 radical (unpaired) electrons. The van der Waals surface area contributed by atoms with Gasteiger partial charge < -0.3 is 9.47 Å². The Morgan fingerprint density at radius 2 is 0.623 bits per heavy atom. The van der Waals surface area contributed by atoms with E-state index in [0.29, 0.717) is 18.2 Å². The molecule has 0 spiro atoms. The number of hydrogen-bond acceptors (Lipinski definition) is 4. The third kappa shape index (κ3) is 9.76. The zero-order valence-corrected chi connectivity index (χ0v) is 31.5. The fourth-order valence-electron chi connectivity index (χ4n) is 4.38. The predicted octanol–water partition coefficient (Wildman–Crippen LogP) is 13.9. The van der Waals surface area contributed by atoms with Crippen LogP contribution in [-0.2, 0) is 9.47 Å². The quantitative estimate of drug-likeness (QED) is 0.128. The van der Waals surface area contributed by atoms with Crippen LogP contribution in [0.15, 0.2) is 18.2 Å². The SMILES string of the molecule is Cc1ccc(NC(=O)OCCC(F)(F)C(F)(F)C(F)(F)C(F)(F)C(F)(F)C(F)(F)C(F)(F)C(F)(F)F)cc1NC(=O)OCCC(F)(F)C(F)(F)C(F)(F)C(F)(F)C(F)(F)C(F)(F)C(F)(F)C(F)(F)F. The van der Waals surface area contributed by atoms with Crippen molar-refractivity contribution in [2.75, 3.05) is 23.8 Å². The zero-order valence-electron chi connectivity index (χ0n) is 31.5. The molecular formula is C29H16F34N2O4. The molecule has 1 aromatic carbocycles. The van der Waals surface area contributed by atoms with Crippen molar-refractivity contribution in [3.63, 3.8) is 0 Å². The van der Waals surface area contributed by atoms with E-state index in [-0.39, 0.29) is 5.56 Å². The summed E-state index contributed by atoms with van der Waals surface area (Å²) in [5.41, 5.74) is -2.14. The predicted molar refractivity (Wildman–Crippen MR) is 152 cm³/mol. The van der Waals surface area contributed by atoms with Crippen molar-refractivity contribution < 1.29 is 168 Å². The molecule has 0 unspecified atom stereocenters. The Kier molecular flexibility index (Phi) is 16.2. The number of ether oxygens (including phenoxy) is 2. The van der Waals surface area contributed by atoms with Gasteiger partial charge in [0, 0.05) is 11.4 Å². The monoisotopic (exact) mass is 1100 g/mol. The van der Waals surface area contributed by atoms with E-state index in [1.807, 2.05) is 0 Å². The number of hydrogen-bond donors (Lipinski definition) is 2. The minimum atomic E-state index is -8.94. The van der Waals surface area contributed by atoms with Gasteiger partial charge in [-0.1, -0.05) is 6.07 Å². The van der Waals surface area contributed by atoms with Gasteiger partial charge in [-0.3, -0.25) is 10.6 Å². The van der Waals surface area contributed by atoms with Crippen LogP contribution in [-0.4, -0.2) is 121 Å². The Labute approximate surface area is 355 Å². The first-order valence-electron chi connectivity index (χ1n) is 16.3. The van der Waals surface area contributed by atoms with Crippen molar-refractivity contribution >= 4 is 23.6 Å². The number of carbonyl (C=O) groups excluding carboxylic acids is 2. The van der Waals surface area contributed by atoms with Gasteiger partial charge in [-0.05, 0) is 24.6 Å². The molecule has 0 saturated carbocycles. The van der Waals surface area contributed by atoms with Gasteiger partial charge in [0.1, 0.15) is 0 Å². The summed E-state index contributed by atoms with van der Waals surface area (Å²) in [5.74, 6) is -118. The average molecular weight is 1100 g/mol. The molecule has 0 aliphatic heterocycles. The molecule has 0 bridgehead atoms. The van der Waals surface area contributed by atoms with E-state index in [4.69, 9.17) is 0 Å². The van der Waals surface area contributed by atoms with Gasteiger partial charge in [0.2, 0.25) is 0 Å². The number of rotatable bonds is 20. The summed E-state index contributed by atoms with van der Waals surface area (Å²) in [6.45, 7) is -4.07. The van der Waals surface area contributed by atoms with E-state index in [0.717, 1.165) is 6.92 Å². The first kappa shape index (κ1) is 62.4. The van der Waals surface area contributed by atoms with E-state index in [9.17, 15) is 159 Å². The second kappa shape index (κ2) is 17.9. The third-order valence-electron chi connectivity index (χ3n) is 8.59. The highest BCUT2D eigenvalue weighted by molar-refractivity contribution is 5.89. The van der Waals surface area contributed by atoms with Crippen LogP contribution < -0.4 is 10.6 Å². The molecule has 69 heavy (non-hydrogen) atoms. The van der Waals surface area contributed by atoms with Crippen molar-refractivity contribution in [2.45, 2.75) is 115 Å². The van der Waals surface area contributed by atoms with Crippen LogP contribution in [0.2, 0.25) is 0 Å². The largest absolute Gasteiger partial charge is 0.460 e. The van der Waals surface area contributed by atoms with E-state index in [1.54, 1.807) is 0 Å². The van der Waals surface area contributed by atoms with Gasteiger partial charge in [0.25, 0.3) is 0 Å². The summed E-state index contributed by atoms with van der Waals surface area (Å²) in [6.07, 6.45) is -27.1. The summed E-state index contributed by atoms with van der Waals surface area (Å²) in [5, 5.41) is 2.75. The number of aryl methyl sites for hydroxylation is 1. The molecule has 0 saturated heterocycles. The van der Waals surface area contributed by atoms with Crippen LogP contribution in [0.3, 0.4) is 0 Å². The number of amides is 2. The molecule has 6 nitrogen and oxygen atoms in total. The van der Waals surface area contributed by atoms with Crippen molar-refractivity contribution in [1.82, 2.24) is 0 Å². The molecule has 0 aliphatic rings. The number of alkyl halides is 34. The number of anilines is 2. The van der Waals surface area contributed by atoms with Gasteiger partial charge in [0.05, 0.1) is 26.1 Å². The normalized spacial score (nSPS) is 15.5. The van der Waals surface area contributed by atoms with Crippen LogP contribution in [0.25, 0.3) is 0 Å². The summed E-state index contributed by atoms with van der Waals surface area (Å²) in [6, 6.07) is 1.65. The Morgan fingerprint density at radius 3 is 0.899 bits per heavy atom. The first-order valence-corrected chi connectivity index (χ1v) is 16.3. The van der Waals surface area contributed by atoms with Crippen LogP contribution >= 0.6 is 0 Å². The number of halogens is 34. The molecule has 404 valence electrons. The summed E-state index contributed by atoms with van der Waals surface area (Å²) in [7, 11) is 0. The second-order valence-corrected chi connectivity index (χ2v) is 13.3. The lowest BCUT2D eigenvalue weighted by Gasteiger charge is -2.42. The van der Waals surface area contributed by atoms with Gasteiger partial charge in [0.15, 0.2) is 0 Å². The first-order chi connectivity index (χ1) is 29.9. The average Bonchev–Trinajstić information content (AvgIpc) is 3.14. The van der Waals surface area contributed by atoms with Gasteiger partial charge in [-0.15, -0.1) is 0 Å². The molecule has 1 aromatic rings. The molecule has 0 fully saturated rings. The standard InChI is InChI=1S/C29H16F34N2O4/c1-9-2-3-10(64-12(66)68-6-4-14(30,31)16(34,35)18(38,39)20(42,43)22(46,47)24(50,51)26(54,55)28(58,59)60)8-11(9)65-13(67)69-7-5-15(32,33)17(36,37)19(40,41)21(44,45)23(48,49)25(52,53)27(56,57)29(61,62)63/h2-3,8H,4-7H2,1H3,(H,64,66)(H,65,67). The van der Waals surface area contributed by atoms with Gasteiger partial charge in [-0.25, -0.2) is 9.59 Å². The van der Waals surface area contributed by atoms with Gasteiger partial charge in [-0.2, -0.15) is 149 Å². The molecule has 2 N–H and O–H groups in total. The lowest BCUT2D eigenvalue weighted by atomic mass is 9.88. The molecule has 0 heterocycles. The fourth-order valence-corrected chi connectivity index (χ4v) is 4.38. The summed E-state index contributed by atoms with van der Waals surface area (Å²) >= 11 is 0. The highest BCUT2D eigenvalue weighted by Gasteiger charge is 2.97.